The lowest BCUT2D eigenvalue weighted by molar-refractivity contribution is 0.346. The molecule has 2 atom stereocenters. The van der Waals surface area contributed by atoms with Gasteiger partial charge in [-0.3, -0.25) is 0 Å². The summed E-state index contributed by atoms with van der Waals surface area (Å²) in [7, 11) is 0. The Morgan fingerprint density at radius 3 is 0.550 bits per heavy atom. The molecule has 0 saturated heterocycles. The first-order valence-electron chi connectivity index (χ1n) is 45.9. The van der Waals surface area contributed by atoms with Crippen molar-refractivity contribution in [3.63, 3.8) is 0 Å². The lowest BCUT2D eigenvalue weighted by Crippen LogP contribution is -2.04. The quantitative estimate of drug-likeness (QED) is 0.135. The molecule has 5 fully saturated rings. The third kappa shape index (κ3) is 316. The van der Waals surface area contributed by atoms with Crippen molar-refractivity contribution in [1.82, 2.24) is 0 Å². The second kappa shape index (κ2) is 112. The Bertz CT molecular complexity index is 1060. The van der Waals surface area contributed by atoms with Crippen LogP contribution in [0.3, 0.4) is 0 Å². The number of hydrogen-bond donors (Lipinski definition) is 0. The highest BCUT2D eigenvalue weighted by molar-refractivity contribution is 4.82. The second-order valence-electron chi connectivity index (χ2n) is 37.3. The molecule has 0 aromatic heterocycles. The van der Waals surface area contributed by atoms with Gasteiger partial charge in [-0.2, -0.15) is 0 Å². The van der Waals surface area contributed by atoms with E-state index in [2.05, 4.69) is 332 Å². The van der Waals surface area contributed by atoms with E-state index in [9.17, 15) is 0 Å². The summed E-state index contributed by atoms with van der Waals surface area (Å²) >= 11 is 0. The summed E-state index contributed by atoms with van der Waals surface area (Å²) in [5.41, 5.74) is 2.33. The monoisotopic (exact) mass is 1430 g/mol. The molecule has 0 bridgehead atoms. The zero-order chi connectivity index (χ0) is 83.6. The van der Waals surface area contributed by atoms with Crippen LogP contribution in [-0.4, -0.2) is 0 Å². The van der Waals surface area contributed by atoms with Gasteiger partial charge in [0.1, 0.15) is 0 Å². The summed E-state index contributed by atoms with van der Waals surface area (Å²) in [6.45, 7) is 115. The largest absolute Gasteiger partial charge is 0.0683 e. The van der Waals surface area contributed by atoms with Crippen molar-refractivity contribution >= 4 is 0 Å². The molecule has 0 amide bonds. The maximum Gasteiger partial charge on any atom is -0.0354 e. The molecular weight excluding hydrogens is 1200 g/mol. The molecule has 100 heavy (non-hydrogen) atoms. The van der Waals surface area contributed by atoms with E-state index in [1.807, 2.05) is 27.7 Å². The van der Waals surface area contributed by atoms with Crippen LogP contribution in [0.2, 0.25) is 0 Å². The maximum absolute atomic E-state index is 2.31. The lowest BCUT2D eigenvalue weighted by atomic mass is 9.88. The molecule has 632 valence electrons. The predicted octanol–water partition coefficient (Wildman–Crippen LogP) is 40.6. The number of hydrogen-bond acceptors (Lipinski definition) is 0. The van der Waals surface area contributed by atoms with Gasteiger partial charge >= 0.3 is 0 Å². The van der Waals surface area contributed by atoms with Gasteiger partial charge in [0.15, 0.2) is 0 Å². The van der Waals surface area contributed by atoms with Gasteiger partial charge in [-0.15, -0.1) is 0 Å². The molecular formula is C100H232. The summed E-state index contributed by atoms with van der Waals surface area (Å²) in [5, 5.41) is 0. The summed E-state index contributed by atoms with van der Waals surface area (Å²) in [6, 6.07) is 0. The molecule has 2 unspecified atom stereocenters. The van der Waals surface area contributed by atoms with Gasteiger partial charge in [0, 0.05) is 0 Å². The zero-order valence-electron chi connectivity index (χ0n) is 83.6. The SMILES string of the molecule is CC.CC.CC(C)(C)C.CC(C)C.CC(C)C(C)C.CC1(C)CC1.CC1CC1.CC1CC1C.CC1CCC1.CCC.CCC(C)(C)C.CCC(C)(C)C.CCC(C)C.CCC(C)C.CCC(C)CC.CCC1CC1.CCCC.CCCC(C)C.CCCCC.CCCCC.CCCCCC. The van der Waals surface area contributed by atoms with Crippen molar-refractivity contribution in [2.75, 3.05) is 0 Å². The highest BCUT2D eigenvalue weighted by atomic mass is 14.4. The van der Waals surface area contributed by atoms with Gasteiger partial charge in [-0.25, -0.2) is 0 Å². The number of rotatable bonds is 16. The minimum absolute atomic E-state index is 0.500. The maximum atomic E-state index is 2.31. The fraction of sp³-hybridized carbons (Fsp3) is 1.00. The molecule has 0 nitrogen and oxygen atoms in total. The van der Waals surface area contributed by atoms with Crippen molar-refractivity contribution in [2.24, 2.45) is 92.7 Å². The highest BCUT2D eigenvalue weighted by Crippen LogP contribution is 2.43. The molecule has 0 heteroatoms. The van der Waals surface area contributed by atoms with Crippen LogP contribution in [0.25, 0.3) is 0 Å². The Morgan fingerprint density at radius 2 is 0.540 bits per heavy atom. The molecule has 0 aromatic carbocycles. The van der Waals surface area contributed by atoms with Gasteiger partial charge in [0.2, 0.25) is 0 Å². The Balaban J connectivity index is -0.0000000531. The first-order chi connectivity index (χ1) is 45.9. The molecule has 0 N–H and O–H groups in total. The van der Waals surface area contributed by atoms with Crippen LogP contribution in [0, 0.1) is 92.7 Å². The Kier molecular flexibility index (Phi) is 156. The average molecular weight is 1430 g/mol. The Labute approximate surface area is 654 Å². The van der Waals surface area contributed by atoms with Crippen molar-refractivity contribution in [3.05, 3.63) is 0 Å². The fourth-order valence-corrected chi connectivity index (χ4v) is 4.14. The molecule has 5 saturated carbocycles. The summed E-state index contributed by atoms with van der Waals surface area (Å²) in [6.07, 6.45) is 44.3. The highest BCUT2D eigenvalue weighted by Gasteiger charge is 2.30. The van der Waals surface area contributed by atoms with Gasteiger partial charge in [0.25, 0.3) is 0 Å². The summed E-state index contributed by atoms with van der Waals surface area (Å²) in [5.74, 6) is 11.5. The Morgan fingerprint density at radius 1 is 0.340 bits per heavy atom. The summed E-state index contributed by atoms with van der Waals surface area (Å²) in [4.78, 5) is 0. The Hall–Kier alpha value is 0. The van der Waals surface area contributed by atoms with Crippen LogP contribution in [0.15, 0.2) is 0 Å². The van der Waals surface area contributed by atoms with E-state index >= 15 is 0 Å². The average Bonchev–Trinajstić information content (AvgIpc) is 1.76. The molecule has 0 spiro atoms. The molecule has 5 rings (SSSR count). The van der Waals surface area contributed by atoms with E-state index in [1.54, 1.807) is 0 Å². The van der Waals surface area contributed by atoms with Crippen LogP contribution in [-0.2, 0) is 0 Å². The third-order valence-electron chi connectivity index (χ3n) is 16.5. The predicted molar refractivity (Wildman–Crippen MR) is 494 cm³/mol. The standard InChI is InChI=1S/6C6H14.4C5H10.5C5H12.C4H8.2C4H10.C3H8.2C2H6/c2*1-5-6(2,3)4;1-5(2)6(3)4;1-4-5-6(2)3;1-4-6(3)5-2;1-3-5-6-4-2;1-5(2)3-4-5;1-4-3-5(4)2;1-5-3-2-4-5;1-2-5-3-4-5;1-5(2,3)4;2*1-4-5(2)3;2*1-3-5-4-2;1-4-2-3-4;1-4(2)3;1-3-4-2;1-3-2;2*1-2/h2*5H2,1-4H3;5-6H,1-4H3;2*6H,4-5H2,1-3H3;3-6H2,1-2H3;3-4H2,1-2H3;4-5H,3H2,1-2H3;2*5H,2-4H2,1H3;1-4H3;2*5H,4H2,1-3H3;2*3-5H2,1-2H3;4H,2-3H2,1H3;4H,1-3H3;3-4H2,1-2H3;3H2,1-2H3;2*1-2H3. The van der Waals surface area contributed by atoms with Gasteiger partial charge in [-0.05, 0) is 112 Å². The van der Waals surface area contributed by atoms with E-state index in [-0.39, 0.29) is 0 Å². The molecule has 5 aliphatic carbocycles. The fourth-order valence-electron chi connectivity index (χ4n) is 4.14. The van der Waals surface area contributed by atoms with E-state index in [4.69, 9.17) is 0 Å². The van der Waals surface area contributed by atoms with E-state index < -0.39 is 0 Å². The van der Waals surface area contributed by atoms with Crippen molar-refractivity contribution < 1.29 is 0 Å². The topological polar surface area (TPSA) is 0 Å². The van der Waals surface area contributed by atoms with Gasteiger partial charge in [-0.1, -0.05) is 546 Å². The second-order valence-corrected chi connectivity index (χ2v) is 37.3. The smallest absolute Gasteiger partial charge is 0.0354 e. The van der Waals surface area contributed by atoms with Crippen LogP contribution in [0.4, 0.5) is 0 Å². The van der Waals surface area contributed by atoms with Crippen LogP contribution >= 0.6 is 0 Å². The van der Waals surface area contributed by atoms with Crippen molar-refractivity contribution in [2.45, 2.75) is 566 Å². The lowest BCUT2D eigenvalue weighted by Gasteiger charge is -2.18. The molecule has 0 aromatic rings. The zero-order valence-corrected chi connectivity index (χ0v) is 83.6. The van der Waals surface area contributed by atoms with Crippen LogP contribution < -0.4 is 0 Å². The van der Waals surface area contributed by atoms with E-state index in [0.717, 1.165) is 76.4 Å². The normalized spacial score (nSPS) is 14.7. The molecule has 5 aliphatic rings. The molecule has 0 heterocycles. The van der Waals surface area contributed by atoms with Crippen LogP contribution in [0.1, 0.15) is 566 Å². The minimum Gasteiger partial charge on any atom is -0.0683 e. The summed E-state index contributed by atoms with van der Waals surface area (Å²) < 4.78 is 0. The van der Waals surface area contributed by atoms with Crippen LogP contribution in [0.5, 0.6) is 0 Å². The first kappa shape index (κ1) is 139. The van der Waals surface area contributed by atoms with Crippen molar-refractivity contribution in [3.8, 4) is 0 Å². The molecule has 0 radical (unpaired) electrons. The number of unbranched alkanes of at least 4 members (excludes halogenated alkanes) is 8. The first-order valence-corrected chi connectivity index (χ1v) is 45.9. The van der Waals surface area contributed by atoms with Gasteiger partial charge in [0.05, 0.1) is 0 Å². The van der Waals surface area contributed by atoms with E-state index in [1.165, 1.54) is 205 Å². The van der Waals surface area contributed by atoms with Gasteiger partial charge < -0.3 is 0 Å². The third-order valence-corrected chi connectivity index (χ3v) is 16.5. The van der Waals surface area contributed by atoms with E-state index in [0.29, 0.717) is 16.2 Å². The minimum atomic E-state index is 0.500. The molecule has 0 aliphatic heterocycles. The van der Waals surface area contributed by atoms with Crippen molar-refractivity contribution in [1.29, 1.82) is 0 Å².